The largest absolute Gasteiger partial charge is 0.481 e. The second-order valence-electron chi connectivity index (χ2n) is 11.0. The summed E-state index contributed by atoms with van der Waals surface area (Å²) in [6.07, 6.45) is 2.15. The Hall–Kier alpha value is -2.38. The van der Waals surface area contributed by atoms with Gasteiger partial charge in [-0.25, -0.2) is 4.79 Å². The van der Waals surface area contributed by atoms with Crippen LogP contribution in [0.25, 0.3) is 0 Å². The summed E-state index contributed by atoms with van der Waals surface area (Å²) in [5.74, 6) is -2.01. The fraction of sp³-hybridized carbons (Fsp3) is 0.821. The molecule has 41 heavy (non-hydrogen) atoms. The van der Waals surface area contributed by atoms with Crippen LogP contribution in [-0.2, 0) is 33.4 Å². The average molecular weight is 606 g/mol. The summed E-state index contributed by atoms with van der Waals surface area (Å²) in [6.45, 7) is 12.0. The Bertz CT molecular complexity index is 809. The van der Waals surface area contributed by atoms with E-state index in [2.05, 4.69) is 36.7 Å². The molecule has 0 aromatic carbocycles. The SMILES string of the molecule is CC(CCOCCOCCC(=O)NCCCC[C@H](NC(=O)C(C)(C)CCC(=O)O)C(=O)O)CNC(=O)CSC(C)C. The minimum Gasteiger partial charge on any atom is -0.481 e. The molecule has 5 N–H and O–H groups in total. The summed E-state index contributed by atoms with van der Waals surface area (Å²) < 4.78 is 11.0. The lowest BCUT2D eigenvalue weighted by atomic mass is 9.86. The van der Waals surface area contributed by atoms with E-state index in [9.17, 15) is 29.1 Å². The maximum atomic E-state index is 12.4. The van der Waals surface area contributed by atoms with Crippen LogP contribution < -0.4 is 16.0 Å². The molecule has 0 fully saturated rings. The Morgan fingerprint density at radius 2 is 1.49 bits per heavy atom. The zero-order chi connectivity index (χ0) is 31.3. The van der Waals surface area contributed by atoms with Gasteiger partial charge in [0.1, 0.15) is 6.04 Å². The minimum absolute atomic E-state index is 0.0539. The van der Waals surface area contributed by atoms with Gasteiger partial charge in [-0.05, 0) is 43.3 Å². The van der Waals surface area contributed by atoms with Crippen molar-refractivity contribution in [3.05, 3.63) is 0 Å². The Kier molecular flexibility index (Phi) is 21.0. The third-order valence-corrected chi connectivity index (χ3v) is 7.32. The van der Waals surface area contributed by atoms with Crippen LogP contribution >= 0.6 is 11.8 Å². The van der Waals surface area contributed by atoms with Gasteiger partial charge in [-0.1, -0.05) is 34.6 Å². The number of carboxylic acid groups (broad SMARTS) is 2. The molecule has 1 unspecified atom stereocenters. The second kappa shape index (κ2) is 22.2. The molecule has 0 aliphatic carbocycles. The molecule has 13 heteroatoms. The molecule has 0 radical (unpaired) electrons. The molecule has 0 spiro atoms. The molecule has 0 saturated heterocycles. The standard InChI is InChI=1S/C28H51N3O9S/c1-20(2)41-19-24(33)30-18-21(3)10-14-39-16-17-40-15-11-23(32)29-13-7-6-8-22(26(36)37)31-27(38)28(4,5)12-9-25(34)35/h20-22H,6-19H2,1-5H3,(H,29,32)(H,30,33)(H,31,38)(H,34,35)(H,36,37)/t21?,22-/m0/s1. The molecule has 2 atom stereocenters. The highest BCUT2D eigenvalue weighted by atomic mass is 32.2. The number of aliphatic carboxylic acids is 2. The highest BCUT2D eigenvalue weighted by molar-refractivity contribution is 8.00. The van der Waals surface area contributed by atoms with Crippen LogP contribution in [0.5, 0.6) is 0 Å². The minimum atomic E-state index is -1.16. The van der Waals surface area contributed by atoms with Crippen LogP contribution in [0, 0.1) is 11.3 Å². The van der Waals surface area contributed by atoms with Gasteiger partial charge in [0.15, 0.2) is 0 Å². The molecule has 0 rings (SSSR count). The number of hydrogen-bond acceptors (Lipinski definition) is 8. The van der Waals surface area contributed by atoms with E-state index in [1.54, 1.807) is 25.6 Å². The van der Waals surface area contributed by atoms with Crippen LogP contribution in [0.1, 0.15) is 79.6 Å². The van der Waals surface area contributed by atoms with Gasteiger partial charge in [-0.3, -0.25) is 19.2 Å². The molecule has 0 aromatic rings. The molecule has 12 nitrogen and oxygen atoms in total. The number of thioether (sulfide) groups is 1. The molecule has 0 aliphatic rings. The molecule has 0 bridgehead atoms. The Labute approximate surface area is 248 Å². The van der Waals surface area contributed by atoms with Gasteiger partial charge >= 0.3 is 11.9 Å². The van der Waals surface area contributed by atoms with E-state index >= 15 is 0 Å². The van der Waals surface area contributed by atoms with Crippen molar-refractivity contribution in [2.45, 2.75) is 90.9 Å². The first-order chi connectivity index (χ1) is 19.2. The van der Waals surface area contributed by atoms with Crippen molar-refractivity contribution in [1.82, 2.24) is 16.0 Å². The number of nitrogens with one attached hydrogen (secondary N) is 3. The fourth-order valence-corrected chi connectivity index (χ4v) is 3.98. The average Bonchev–Trinajstić information content (AvgIpc) is 2.89. The number of hydrogen-bond donors (Lipinski definition) is 5. The molecular weight excluding hydrogens is 554 g/mol. The van der Waals surface area contributed by atoms with E-state index in [-0.39, 0.29) is 44.1 Å². The van der Waals surface area contributed by atoms with Crippen molar-refractivity contribution in [2.75, 3.05) is 45.3 Å². The van der Waals surface area contributed by atoms with Gasteiger partial charge in [0, 0.05) is 38.0 Å². The molecule has 0 aliphatic heterocycles. The summed E-state index contributed by atoms with van der Waals surface area (Å²) in [5, 5.41) is 26.9. The zero-order valence-corrected chi connectivity index (χ0v) is 26.1. The van der Waals surface area contributed by atoms with Gasteiger partial charge in [-0.15, -0.1) is 11.8 Å². The lowest BCUT2D eigenvalue weighted by Crippen LogP contribution is -2.46. The molecular formula is C28H51N3O9S. The monoisotopic (exact) mass is 605 g/mol. The van der Waals surface area contributed by atoms with Crippen molar-refractivity contribution in [2.24, 2.45) is 11.3 Å². The first-order valence-electron chi connectivity index (χ1n) is 14.3. The molecule has 0 heterocycles. The second-order valence-corrected chi connectivity index (χ2v) is 12.6. The first-order valence-corrected chi connectivity index (χ1v) is 15.4. The van der Waals surface area contributed by atoms with Gasteiger partial charge in [0.2, 0.25) is 17.7 Å². The number of amides is 3. The maximum Gasteiger partial charge on any atom is 0.326 e. The number of ether oxygens (including phenoxy) is 2. The van der Waals surface area contributed by atoms with E-state index in [4.69, 9.17) is 14.6 Å². The van der Waals surface area contributed by atoms with E-state index in [0.29, 0.717) is 62.7 Å². The fourth-order valence-electron chi connectivity index (χ4n) is 3.39. The Morgan fingerprint density at radius 1 is 0.829 bits per heavy atom. The normalized spacial score (nSPS) is 12.9. The van der Waals surface area contributed by atoms with Gasteiger partial charge in [-0.2, -0.15) is 0 Å². The quantitative estimate of drug-likeness (QED) is 0.0970. The molecule has 238 valence electrons. The van der Waals surface area contributed by atoms with Crippen molar-refractivity contribution in [3.63, 3.8) is 0 Å². The van der Waals surface area contributed by atoms with E-state index < -0.39 is 29.3 Å². The lowest BCUT2D eigenvalue weighted by Gasteiger charge is -2.25. The smallest absolute Gasteiger partial charge is 0.326 e. The third kappa shape index (κ3) is 22.0. The zero-order valence-electron chi connectivity index (χ0n) is 25.3. The highest BCUT2D eigenvalue weighted by Crippen LogP contribution is 2.23. The van der Waals surface area contributed by atoms with E-state index in [1.807, 2.05) is 0 Å². The number of carbonyl (C=O) groups excluding carboxylic acids is 3. The van der Waals surface area contributed by atoms with E-state index in [1.165, 1.54) is 0 Å². The maximum absolute atomic E-state index is 12.4. The number of carboxylic acids is 2. The van der Waals surface area contributed by atoms with Gasteiger partial charge < -0.3 is 35.6 Å². The summed E-state index contributed by atoms with van der Waals surface area (Å²) >= 11 is 1.62. The molecule has 3 amide bonds. The van der Waals surface area contributed by atoms with Crippen LogP contribution in [0.3, 0.4) is 0 Å². The predicted octanol–water partition coefficient (Wildman–Crippen LogP) is 2.44. The van der Waals surface area contributed by atoms with Crippen LogP contribution in [0.15, 0.2) is 0 Å². The predicted molar refractivity (Wildman–Crippen MR) is 158 cm³/mol. The summed E-state index contributed by atoms with van der Waals surface area (Å²) in [5.41, 5.74) is -1.00. The van der Waals surface area contributed by atoms with Crippen LogP contribution in [-0.4, -0.2) is 96.4 Å². The molecule has 0 aromatic heterocycles. The lowest BCUT2D eigenvalue weighted by molar-refractivity contribution is -0.144. The highest BCUT2D eigenvalue weighted by Gasteiger charge is 2.31. The van der Waals surface area contributed by atoms with Crippen LogP contribution in [0.4, 0.5) is 0 Å². The topological polar surface area (TPSA) is 180 Å². The number of unbranched alkanes of at least 4 members (excludes halogenated alkanes) is 1. The van der Waals surface area contributed by atoms with E-state index in [0.717, 1.165) is 6.42 Å². The van der Waals surface area contributed by atoms with Crippen molar-refractivity contribution in [1.29, 1.82) is 0 Å². The summed E-state index contributed by atoms with van der Waals surface area (Å²) in [7, 11) is 0. The van der Waals surface area contributed by atoms with Crippen molar-refractivity contribution < 1.29 is 43.7 Å². The molecule has 0 saturated carbocycles. The number of carbonyl (C=O) groups is 5. The first kappa shape index (κ1) is 38.6. The Balaban J connectivity index is 3.86. The van der Waals surface area contributed by atoms with Gasteiger partial charge in [0.05, 0.1) is 25.6 Å². The van der Waals surface area contributed by atoms with Crippen LogP contribution in [0.2, 0.25) is 0 Å². The third-order valence-electron chi connectivity index (χ3n) is 6.22. The number of rotatable bonds is 25. The van der Waals surface area contributed by atoms with Gasteiger partial charge in [0.25, 0.3) is 0 Å². The summed E-state index contributed by atoms with van der Waals surface area (Å²) in [6, 6.07) is -1.08. The Morgan fingerprint density at radius 3 is 2.10 bits per heavy atom. The summed E-state index contributed by atoms with van der Waals surface area (Å²) in [4.78, 5) is 58.4. The van der Waals surface area contributed by atoms with Crippen molar-refractivity contribution >= 4 is 41.4 Å². The van der Waals surface area contributed by atoms with Crippen molar-refractivity contribution in [3.8, 4) is 0 Å².